The van der Waals surface area contributed by atoms with Crippen LogP contribution in [0, 0.1) is 10.1 Å². The number of benzene rings is 3. The molecule has 0 saturated heterocycles. The number of nitro benzene ring substituents is 1. The average molecular weight is 470 g/mol. The number of non-ortho nitro benzene ring substituents is 1. The number of hydrogen-bond acceptors (Lipinski definition) is 6. The minimum atomic E-state index is -0.599. The minimum absolute atomic E-state index is 0.131. The Hall–Kier alpha value is -3.88. The number of rotatable bonds is 5. The normalized spacial score (nSPS) is 10.7. The van der Waals surface area contributed by atoms with E-state index in [0.717, 1.165) is 0 Å². The van der Waals surface area contributed by atoms with Crippen LogP contribution in [0.15, 0.2) is 75.9 Å². The van der Waals surface area contributed by atoms with Gasteiger partial charge in [-0.1, -0.05) is 23.2 Å². The second-order valence-corrected chi connectivity index (χ2v) is 7.54. The Balaban J connectivity index is 1.57. The first-order valence-electron chi connectivity index (χ1n) is 9.16. The predicted molar refractivity (Wildman–Crippen MR) is 123 cm³/mol. The molecule has 1 amide bonds. The highest BCUT2D eigenvalue weighted by molar-refractivity contribution is 6.37. The van der Waals surface area contributed by atoms with Crippen molar-refractivity contribution >= 4 is 62.8 Å². The molecule has 1 aromatic heterocycles. The molecule has 8 nitrogen and oxygen atoms in total. The Kier molecular flexibility index (Phi) is 5.81. The summed E-state index contributed by atoms with van der Waals surface area (Å²) in [5.74, 6) is -0.397. The molecule has 32 heavy (non-hydrogen) atoms. The smallest absolute Gasteiger partial charge is 0.338 e. The maximum absolute atomic E-state index is 12.4. The highest BCUT2D eigenvalue weighted by atomic mass is 35.5. The van der Waals surface area contributed by atoms with Gasteiger partial charge in [-0.15, -0.1) is 0 Å². The van der Waals surface area contributed by atoms with Crippen LogP contribution in [-0.2, 0) is 0 Å². The molecular formula is C22H13Cl2N3O5. The number of fused-ring (bicyclic) bond motifs is 1. The number of carbonyl (C=O) groups is 1. The summed E-state index contributed by atoms with van der Waals surface area (Å²) in [6.45, 7) is 0. The Labute approximate surface area is 190 Å². The molecule has 4 aromatic rings. The molecule has 4 rings (SSSR count). The van der Waals surface area contributed by atoms with Crippen LogP contribution in [0.25, 0.3) is 11.0 Å². The van der Waals surface area contributed by atoms with E-state index in [1.165, 1.54) is 36.4 Å². The van der Waals surface area contributed by atoms with Gasteiger partial charge in [-0.05, 0) is 48.5 Å². The van der Waals surface area contributed by atoms with Crippen LogP contribution in [0.1, 0.15) is 10.4 Å². The monoisotopic (exact) mass is 469 g/mol. The summed E-state index contributed by atoms with van der Waals surface area (Å²) < 4.78 is 5.11. The van der Waals surface area contributed by atoms with Gasteiger partial charge in [-0.3, -0.25) is 14.9 Å². The number of halogens is 2. The Morgan fingerprint density at radius 2 is 1.66 bits per heavy atom. The van der Waals surface area contributed by atoms with Crippen molar-refractivity contribution in [2.45, 2.75) is 0 Å². The van der Waals surface area contributed by atoms with Crippen molar-refractivity contribution in [2.24, 2.45) is 0 Å². The fourth-order valence-corrected chi connectivity index (χ4v) is 3.53. The van der Waals surface area contributed by atoms with E-state index in [0.29, 0.717) is 27.5 Å². The van der Waals surface area contributed by atoms with Crippen molar-refractivity contribution in [3.8, 4) is 0 Å². The van der Waals surface area contributed by atoms with Crippen molar-refractivity contribution < 1.29 is 14.1 Å². The molecule has 0 bridgehead atoms. The topological polar surface area (TPSA) is 114 Å². The molecule has 0 atom stereocenters. The zero-order valence-corrected chi connectivity index (χ0v) is 17.6. The number of nitrogens with one attached hydrogen (secondary N) is 2. The lowest BCUT2D eigenvalue weighted by molar-refractivity contribution is -0.384. The van der Waals surface area contributed by atoms with Crippen LogP contribution < -0.4 is 16.3 Å². The second-order valence-electron chi connectivity index (χ2n) is 6.70. The number of anilines is 3. The summed E-state index contributed by atoms with van der Waals surface area (Å²) in [7, 11) is 0. The number of nitro groups is 1. The quantitative estimate of drug-likeness (QED) is 0.210. The first kappa shape index (κ1) is 21.4. The summed E-state index contributed by atoms with van der Waals surface area (Å²) >= 11 is 11.9. The van der Waals surface area contributed by atoms with Crippen molar-refractivity contribution in [2.75, 3.05) is 10.6 Å². The highest BCUT2D eigenvalue weighted by Gasteiger charge is 2.13. The van der Waals surface area contributed by atoms with E-state index in [-0.39, 0.29) is 21.9 Å². The molecule has 0 aliphatic rings. The largest absolute Gasteiger partial charge is 0.423 e. The van der Waals surface area contributed by atoms with Crippen LogP contribution in [0.3, 0.4) is 0 Å². The SMILES string of the molecule is O=C(Nc1ccc(Nc2cc(=O)oc3ccc([N+](=O)[O-])cc23)cc1)c1ccc(Cl)cc1Cl. The molecular weight excluding hydrogens is 457 g/mol. The maximum atomic E-state index is 12.4. The molecule has 10 heteroatoms. The summed E-state index contributed by atoms with van der Waals surface area (Å²) in [5.41, 5.74) is 1.22. The minimum Gasteiger partial charge on any atom is -0.423 e. The number of amides is 1. The molecule has 0 fully saturated rings. The lowest BCUT2D eigenvalue weighted by atomic mass is 10.1. The number of hydrogen-bond donors (Lipinski definition) is 2. The number of carbonyl (C=O) groups excluding carboxylic acids is 1. The van der Waals surface area contributed by atoms with E-state index in [4.69, 9.17) is 27.6 Å². The van der Waals surface area contributed by atoms with E-state index < -0.39 is 16.5 Å². The lowest BCUT2D eigenvalue weighted by Gasteiger charge is -2.11. The summed E-state index contributed by atoms with van der Waals surface area (Å²) in [5, 5.41) is 17.9. The van der Waals surface area contributed by atoms with E-state index >= 15 is 0 Å². The fraction of sp³-hybridized carbons (Fsp3) is 0. The summed E-state index contributed by atoms with van der Waals surface area (Å²) in [6, 6.07) is 16.4. The van der Waals surface area contributed by atoms with Crippen molar-refractivity contribution in [1.29, 1.82) is 0 Å². The molecule has 0 saturated carbocycles. The van der Waals surface area contributed by atoms with Gasteiger partial charge in [0.1, 0.15) is 5.58 Å². The van der Waals surface area contributed by atoms with E-state index in [1.54, 1.807) is 30.3 Å². The van der Waals surface area contributed by atoms with Crippen LogP contribution in [0.4, 0.5) is 22.7 Å². The van der Waals surface area contributed by atoms with Gasteiger partial charge >= 0.3 is 5.63 Å². The van der Waals surface area contributed by atoms with Crippen molar-refractivity contribution in [3.05, 3.63) is 103 Å². The zero-order chi connectivity index (χ0) is 22.8. The molecule has 0 aliphatic carbocycles. The highest BCUT2D eigenvalue weighted by Crippen LogP contribution is 2.29. The average Bonchev–Trinajstić information content (AvgIpc) is 2.74. The van der Waals surface area contributed by atoms with E-state index in [1.807, 2.05) is 0 Å². The Morgan fingerprint density at radius 3 is 2.34 bits per heavy atom. The molecule has 3 aromatic carbocycles. The van der Waals surface area contributed by atoms with Crippen molar-refractivity contribution in [1.82, 2.24) is 0 Å². The van der Waals surface area contributed by atoms with E-state index in [9.17, 15) is 19.7 Å². The van der Waals surface area contributed by atoms with Crippen LogP contribution >= 0.6 is 23.2 Å². The maximum Gasteiger partial charge on any atom is 0.338 e. The standard InChI is InChI=1S/C22H13Cl2N3O5/c23-12-1-7-16(18(24)9-12)22(29)26-14-4-2-13(3-5-14)25-19-11-21(28)32-20-8-6-15(27(30)31)10-17(19)20/h1-11,25H,(H,26,29). The van der Waals surface area contributed by atoms with Gasteiger partial charge in [0.15, 0.2) is 0 Å². The van der Waals surface area contributed by atoms with Gasteiger partial charge in [0.25, 0.3) is 11.6 Å². The first-order chi connectivity index (χ1) is 15.3. The third-order valence-electron chi connectivity index (χ3n) is 4.53. The first-order valence-corrected chi connectivity index (χ1v) is 9.91. The molecule has 1 heterocycles. The van der Waals surface area contributed by atoms with Crippen LogP contribution in [0.5, 0.6) is 0 Å². The molecule has 0 radical (unpaired) electrons. The fourth-order valence-electron chi connectivity index (χ4n) is 3.03. The van der Waals surface area contributed by atoms with Crippen LogP contribution in [0.2, 0.25) is 10.0 Å². The Bertz CT molecular complexity index is 1420. The molecule has 0 spiro atoms. The molecule has 0 unspecified atom stereocenters. The summed E-state index contributed by atoms with van der Waals surface area (Å²) in [6.07, 6.45) is 0. The molecule has 2 N–H and O–H groups in total. The van der Waals surface area contributed by atoms with Gasteiger partial charge in [-0.25, -0.2) is 4.79 Å². The predicted octanol–water partition coefficient (Wildman–Crippen LogP) is 6.00. The van der Waals surface area contributed by atoms with Crippen LogP contribution in [-0.4, -0.2) is 10.8 Å². The van der Waals surface area contributed by atoms with Gasteiger partial charge < -0.3 is 15.1 Å². The van der Waals surface area contributed by atoms with Gasteiger partial charge in [-0.2, -0.15) is 0 Å². The van der Waals surface area contributed by atoms with Gasteiger partial charge in [0.2, 0.25) is 0 Å². The molecule has 160 valence electrons. The van der Waals surface area contributed by atoms with Crippen molar-refractivity contribution in [3.63, 3.8) is 0 Å². The second kappa shape index (κ2) is 8.70. The third kappa shape index (κ3) is 4.56. The summed E-state index contributed by atoms with van der Waals surface area (Å²) in [4.78, 5) is 34.9. The molecule has 0 aliphatic heterocycles. The lowest BCUT2D eigenvalue weighted by Crippen LogP contribution is -2.12. The Morgan fingerprint density at radius 1 is 0.938 bits per heavy atom. The van der Waals surface area contributed by atoms with Gasteiger partial charge in [0.05, 0.1) is 21.2 Å². The number of nitrogens with zero attached hydrogens (tertiary/aromatic N) is 1. The van der Waals surface area contributed by atoms with Gasteiger partial charge in [0, 0.05) is 40.0 Å². The third-order valence-corrected chi connectivity index (χ3v) is 5.08. The van der Waals surface area contributed by atoms with E-state index in [2.05, 4.69) is 10.6 Å². The zero-order valence-electron chi connectivity index (χ0n) is 16.1.